The lowest BCUT2D eigenvalue weighted by molar-refractivity contribution is 0.0718. The van der Waals surface area contributed by atoms with Gasteiger partial charge in [0.25, 0.3) is 0 Å². The van der Waals surface area contributed by atoms with Crippen LogP contribution in [-0.2, 0) is 4.74 Å². The van der Waals surface area contributed by atoms with E-state index in [0.717, 1.165) is 5.56 Å². The normalized spacial score (nSPS) is 12.1. The Morgan fingerprint density at radius 1 is 1.16 bits per heavy atom. The third-order valence-electron chi connectivity index (χ3n) is 2.72. The number of nitrogens with zero attached hydrogens (tertiary/aromatic N) is 1. The molecule has 19 heavy (non-hydrogen) atoms. The van der Waals surface area contributed by atoms with Gasteiger partial charge < -0.3 is 10.1 Å². The number of hydrogen-bond acceptors (Lipinski definition) is 3. The fraction of sp³-hybridized carbons (Fsp3) is 0.267. The summed E-state index contributed by atoms with van der Waals surface area (Å²) in [6, 6.07) is 14.6. The molecule has 4 heteroatoms. The van der Waals surface area contributed by atoms with Gasteiger partial charge in [-0.3, -0.25) is 0 Å². The lowest BCUT2D eigenvalue weighted by Crippen LogP contribution is -2.16. The smallest absolute Gasteiger partial charge is 0.214 e. The zero-order valence-corrected chi connectivity index (χ0v) is 10.8. The van der Waals surface area contributed by atoms with E-state index in [2.05, 4.69) is 10.3 Å². The fourth-order valence-corrected chi connectivity index (χ4v) is 1.85. The third kappa shape index (κ3) is 4.03. The Bertz CT molecular complexity index is 505. The van der Waals surface area contributed by atoms with Crippen molar-refractivity contribution in [2.75, 3.05) is 18.5 Å². The van der Waals surface area contributed by atoms with E-state index in [0.29, 0.717) is 19.0 Å². The Hall–Kier alpha value is -1.94. The first-order chi connectivity index (χ1) is 9.29. The van der Waals surface area contributed by atoms with Gasteiger partial charge in [-0.05, 0) is 24.6 Å². The molecule has 0 saturated carbocycles. The van der Waals surface area contributed by atoms with Gasteiger partial charge in [-0.1, -0.05) is 36.4 Å². The quantitative estimate of drug-likeness (QED) is 0.808. The molecule has 1 heterocycles. The van der Waals surface area contributed by atoms with Gasteiger partial charge in [-0.2, -0.15) is 4.39 Å². The van der Waals surface area contributed by atoms with Crippen molar-refractivity contribution < 1.29 is 9.13 Å². The second-order valence-corrected chi connectivity index (χ2v) is 4.08. The van der Waals surface area contributed by atoms with Crippen LogP contribution in [0.2, 0.25) is 0 Å². The SMILES string of the molecule is CCOC(CNc1cccc(F)n1)c1ccccc1. The summed E-state index contributed by atoms with van der Waals surface area (Å²) >= 11 is 0. The number of ether oxygens (including phenoxy) is 1. The molecule has 1 aromatic heterocycles. The number of anilines is 1. The van der Waals surface area contributed by atoms with E-state index in [1.807, 2.05) is 37.3 Å². The van der Waals surface area contributed by atoms with Gasteiger partial charge >= 0.3 is 0 Å². The van der Waals surface area contributed by atoms with Crippen LogP contribution in [0.4, 0.5) is 10.2 Å². The van der Waals surface area contributed by atoms with Crippen LogP contribution in [0.3, 0.4) is 0 Å². The Morgan fingerprint density at radius 3 is 2.63 bits per heavy atom. The minimum Gasteiger partial charge on any atom is -0.372 e. The molecule has 3 nitrogen and oxygen atoms in total. The van der Waals surface area contributed by atoms with E-state index < -0.39 is 5.95 Å². The lowest BCUT2D eigenvalue weighted by atomic mass is 10.1. The molecule has 2 aromatic rings. The fourth-order valence-electron chi connectivity index (χ4n) is 1.85. The average molecular weight is 260 g/mol. The van der Waals surface area contributed by atoms with Crippen molar-refractivity contribution in [2.24, 2.45) is 0 Å². The third-order valence-corrected chi connectivity index (χ3v) is 2.72. The van der Waals surface area contributed by atoms with Crippen LogP contribution in [0.25, 0.3) is 0 Å². The Morgan fingerprint density at radius 2 is 1.95 bits per heavy atom. The number of halogens is 1. The van der Waals surface area contributed by atoms with E-state index in [9.17, 15) is 4.39 Å². The summed E-state index contributed by atoms with van der Waals surface area (Å²) in [6.07, 6.45) is -0.0729. The zero-order valence-electron chi connectivity index (χ0n) is 10.8. The lowest BCUT2D eigenvalue weighted by Gasteiger charge is -2.18. The molecule has 0 spiro atoms. The van der Waals surface area contributed by atoms with Crippen molar-refractivity contribution in [2.45, 2.75) is 13.0 Å². The first-order valence-electron chi connectivity index (χ1n) is 6.32. The molecule has 1 atom stereocenters. The zero-order chi connectivity index (χ0) is 13.5. The van der Waals surface area contributed by atoms with Crippen molar-refractivity contribution in [3.05, 3.63) is 60.0 Å². The summed E-state index contributed by atoms with van der Waals surface area (Å²) in [6.45, 7) is 3.13. The monoisotopic (exact) mass is 260 g/mol. The molecule has 0 radical (unpaired) electrons. The molecule has 2 rings (SSSR count). The van der Waals surface area contributed by atoms with Crippen LogP contribution in [0, 0.1) is 5.95 Å². The Kier molecular flexibility index (Phi) is 4.86. The van der Waals surface area contributed by atoms with E-state index in [4.69, 9.17) is 4.74 Å². The summed E-state index contributed by atoms with van der Waals surface area (Å²) < 4.78 is 18.7. The summed E-state index contributed by atoms with van der Waals surface area (Å²) in [4.78, 5) is 3.77. The largest absolute Gasteiger partial charge is 0.372 e. The maximum atomic E-state index is 13.0. The van der Waals surface area contributed by atoms with Gasteiger partial charge in [0, 0.05) is 13.2 Å². The second-order valence-electron chi connectivity index (χ2n) is 4.08. The van der Waals surface area contributed by atoms with Crippen LogP contribution in [0.5, 0.6) is 0 Å². The standard InChI is InChI=1S/C15H17FN2O/c1-2-19-13(12-7-4-3-5-8-12)11-17-15-10-6-9-14(16)18-15/h3-10,13H,2,11H2,1H3,(H,17,18). The molecule has 0 saturated heterocycles. The molecule has 100 valence electrons. The molecule has 1 unspecified atom stereocenters. The summed E-state index contributed by atoms with van der Waals surface area (Å²) in [5, 5.41) is 3.09. The highest BCUT2D eigenvalue weighted by molar-refractivity contribution is 5.34. The minimum absolute atomic E-state index is 0.0729. The highest BCUT2D eigenvalue weighted by atomic mass is 19.1. The highest BCUT2D eigenvalue weighted by Gasteiger charge is 2.11. The van der Waals surface area contributed by atoms with Crippen LogP contribution >= 0.6 is 0 Å². The average Bonchev–Trinajstić information content (AvgIpc) is 2.44. The Labute approximate surface area is 112 Å². The predicted octanol–water partition coefficient (Wildman–Crippen LogP) is 3.41. The van der Waals surface area contributed by atoms with Gasteiger partial charge in [-0.15, -0.1) is 0 Å². The van der Waals surface area contributed by atoms with E-state index in [1.165, 1.54) is 6.07 Å². The predicted molar refractivity (Wildman–Crippen MR) is 73.5 cm³/mol. The van der Waals surface area contributed by atoms with E-state index in [1.54, 1.807) is 12.1 Å². The first kappa shape index (κ1) is 13.5. The topological polar surface area (TPSA) is 34.1 Å². The van der Waals surface area contributed by atoms with E-state index in [-0.39, 0.29) is 6.10 Å². The Balaban J connectivity index is 2.01. The van der Waals surface area contributed by atoms with Crippen molar-refractivity contribution in [1.29, 1.82) is 0 Å². The second kappa shape index (κ2) is 6.85. The molecule has 1 aromatic carbocycles. The molecular weight excluding hydrogens is 243 g/mol. The molecule has 1 N–H and O–H groups in total. The number of aromatic nitrogens is 1. The molecule has 0 aliphatic carbocycles. The number of hydrogen-bond donors (Lipinski definition) is 1. The number of rotatable bonds is 6. The van der Waals surface area contributed by atoms with Crippen LogP contribution in [0.15, 0.2) is 48.5 Å². The van der Waals surface area contributed by atoms with Gasteiger partial charge in [-0.25, -0.2) is 4.98 Å². The van der Waals surface area contributed by atoms with E-state index >= 15 is 0 Å². The maximum absolute atomic E-state index is 13.0. The maximum Gasteiger partial charge on any atom is 0.214 e. The molecule has 0 aliphatic heterocycles. The summed E-state index contributed by atoms with van der Waals surface area (Å²) in [7, 11) is 0. The van der Waals surface area contributed by atoms with Crippen LogP contribution < -0.4 is 5.32 Å². The van der Waals surface area contributed by atoms with Gasteiger partial charge in [0.15, 0.2) is 0 Å². The molecule has 0 bridgehead atoms. The van der Waals surface area contributed by atoms with Crippen molar-refractivity contribution in [3.8, 4) is 0 Å². The molecule has 0 amide bonds. The number of pyridine rings is 1. The van der Waals surface area contributed by atoms with Crippen LogP contribution in [0.1, 0.15) is 18.6 Å². The van der Waals surface area contributed by atoms with Gasteiger partial charge in [0.1, 0.15) is 5.82 Å². The number of nitrogens with one attached hydrogen (secondary N) is 1. The van der Waals surface area contributed by atoms with Crippen LogP contribution in [-0.4, -0.2) is 18.1 Å². The van der Waals surface area contributed by atoms with Gasteiger partial charge in [0.05, 0.1) is 6.10 Å². The van der Waals surface area contributed by atoms with Gasteiger partial charge in [0.2, 0.25) is 5.95 Å². The highest BCUT2D eigenvalue weighted by Crippen LogP contribution is 2.17. The molecular formula is C15H17FN2O. The summed E-state index contributed by atoms with van der Waals surface area (Å²) in [5.41, 5.74) is 1.09. The summed E-state index contributed by atoms with van der Waals surface area (Å²) in [5.74, 6) is 0.0262. The minimum atomic E-state index is -0.488. The molecule has 0 fully saturated rings. The van der Waals surface area contributed by atoms with Crippen molar-refractivity contribution >= 4 is 5.82 Å². The number of benzene rings is 1. The van der Waals surface area contributed by atoms with Crippen molar-refractivity contribution in [1.82, 2.24) is 4.98 Å². The first-order valence-corrected chi connectivity index (χ1v) is 6.32. The molecule has 0 aliphatic rings. The van der Waals surface area contributed by atoms with Crippen molar-refractivity contribution in [3.63, 3.8) is 0 Å².